The summed E-state index contributed by atoms with van der Waals surface area (Å²) in [5.74, 6) is 0.428. The topological polar surface area (TPSA) is 77.6 Å². The van der Waals surface area contributed by atoms with E-state index in [0.717, 1.165) is 37.9 Å². The molecule has 4 aliphatic heterocycles. The van der Waals surface area contributed by atoms with E-state index in [0.29, 0.717) is 52.7 Å². The van der Waals surface area contributed by atoms with Crippen LogP contribution in [-0.2, 0) is 41.7 Å². The van der Waals surface area contributed by atoms with Crippen molar-refractivity contribution in [1.82, 2.24) is 40.0 Å². The summed E-state index contributed by atoms with van der Waals surface area (Å²) < 4.78 is 0. The van der Waals surface area contributed by atoms with Crippen LogP contribution in [0.4, 0.5) is 0 Å². The van der Waals surface area contributed by atoms with Gasteiger partial charge in [-0.3, -0.25) is 29.2 Å². The number of carbonyl (C=O) groups is 2. The van der Waals surface area contributed by atoms with Gasteiger partial charge in [-0.25, -0.2) is 0 Å². The van der Waals surface area contributed by atoms with E-state index >= 15 is 0 Å². The molecule has 13 rings (SSSR count). The van der Waals surface area contributed by atoms with Crippen LogP contribution in [0, 0.1) is 5.92 Å². The highest BCUT2D eigenvalue weighted by Gasteiger charge is 2.42. The maximum Gasteiger partial charge on any atom is 0.227 e. The number of fused-ring (bicyclic) bond motifs is 4. The van der Waals surface area contributed by atoms with E-state index in [1.54, 1.807) is 23.3 Å². The van der Waals surface area contributed by atoms with E-state index in [1.165, 1.54) is 156 Å². The third kappa shape index (κ3) is 21.0. The molecule has 0 spiro atoms. The van der Waals surface area contributed by atoms with E-state index in [1.807, 2.05) is 113 Å². The molecule has 2 N–H and O–H groups in total. The minimum Gasteiger partial charge on any atom is -0.337 e. The van der Waals surface area contributed by atoms with Crippen LogP contribution in [-0.4, -0.2) is 146 Å². The van der Waals surface area contributed by atoms with Crippen LogP contribution in [0.3, 0.4) is 0 Å². The maximum atomic E-state index is 13.3. The number of amides is 2. The number of aryl methyl sites for hydroxylation is 2. The van der Waals surface area contributed by atoms with Gasteiger partial charge in [-0.05, 0) is 231 Å². The summed E-state index contributed by atoms with van der Waals surface area (Å²) in [5.41, 5.74) is 12.5. The normalized spacial score (nSPS) is 23.4. The van der Waals surface area contributed by atoms with Crippen LogP contribution in [0.2, 0.25) is 10.0 Å². The highest BCUT2D eigenvalue weighted by atomic mass is 35.5. The molecule has 522 valence electrons. The second-order valence-electron chi connectivity index (χ2n) is 25.7. The number of benzene rings is 5. The van der Waals surface area contributed by atoms with Gasteiger partial charge in [0.15, 0.2) is 0 Å². The van der Waals surface area contributed by atoms with Crippen molar-refractivity contribution in [3.63, 3.8) is 0 Å². The zero-order valence-corrected chi connectivity index (χ0v) is 63.1. The molecule has 0 bridgehead atoms. The maximum absolute atomic E-state index is 13.3. The Morgan fingerprint density at radius 3 is 1.26 bits per heavy atom. The average Bonchev–Trinajstić information content (AvgIpc) is 1.78. The van der Waals surface area contributed by atoms with Crippen molar-refractivity contribution >= 4 is 35.0 Å². The summed E-state index contributed by atoms with van der Waals surface area (Å²) in [6, 6.07) is 44.3. The summed E-state index contributed by atoms with van der Waals surface area (Å²) in [4.78, 5) is 40.4. The van der Waals surface area contributed by atoms with Gasteiger partial charge in [0.1, 0.15) is 0 Å². The lowest BCUT2D eigenvalue weighted by atomic mass is 9.93. The number of likely N-dealkylation sites (tertiary alicyclic amines) is 4. The number of rotatable bonds is 11. The predicted molar refractivity (Wildman–Crippen MR) is 404 cm³/mol. The number of halogens is 2. The van der Waals surface area contributed by atoms with Gasteiger partial charge >= 0.3 is 0 Å². The fourth-order valence-electron chi connectivity index (χ4n) is 16.0. The Morgan fingerprint density at radius 1 is 0.436 bits per heavy atom. The quantitative estimate of drug-likeness (QED) is 0.127. The van der Waals surface area contributed by atoms with Crippen LogP contribution in [0.15, 0.2) is 115 Å². The molecule has 10 nitrogen and oxygen atoms in total. The highest BCUT2D eigenvalue weighted by Crippen LogP contribution is 2.42. The molecule has 4 fully saturated rings. The third-order valence-corrected chi connectivity index (χ3v) is 21.0. The molecule has 8 atom stereocenters. The van der Waals surface area contributed by atoms with Crippen molar-refractivity contribution in [3.8, 4) is 0 Å². The molecule has 5 aromatic carbocycles. The SMILES string of the molecule is CC.CC.CC.CC.CC.CC(C)C(=O)N(C)[C@@H]1c2ccccc2C[C@H]1N1CCCC1.CN(C(=O)Cc1ccc(Cl)c(Cl)c1)[C@H]1c2ccccc2CCC[C@@H]1N1CCCC1.CN[C@@H]1c2ccccc2C[C@H]1N1CCCC1.CN[C@H]1c2ccccc2CCC[C@@H]1N1CCCC1. The van der Waals surface area contributed by atoms with Crippen molar-refractivity contribution in [2.24, 2.45) is 5.92 Å². The van der Waals surface area contributed by atoms with Gasteiger partial charge in [-0.2, -0.15) is 0 Å². The first-order valence-corrected chi connectivity index (χ1v) is 38.3. The molecule has 4 aliphatic carbocycles. The number of nitrogens with zero attached hydrogens (tertiary/aromatic N) is 6. The van der Waals surface area contributed by atoms with Crippen LogP contribution < -0.4 is 10.6 Å². The van der Waals surface area contributed by atoms with E-state index in [2.05, 4.69) is 141 Å². The number of hydrogen-bond acceptors (Lipinski definition) is 8. The first kappa shape index (κ1) is 80.1. The first-order valence-electron chi connectivity index (χ1n) is 37.5. The Hall–Kier alpha value is -4.62. The summed E-state index contributed by atoms with van der Waals surface area (Å²) in [7, 11) is 8.17. The fourth-order valence-corrected chi connectivity index (χ4v) is 16.3. The Morgan fingerprint density at radius 2 is 0.787 bits per heavy atom. The number of carbonyl (C=O) groups excluding carboxylic acids is 2. The average molecular weight is 1330 g/mol. The molecule has 0 unspecified atom stereocenters. The molecule has 8 aliphatic rings. The summed E-state index contributed by atoms with van der Waals surface area (Å²) in [5, 5.41) is 8.10. The number of hydrogen-bond donors (Lipinski definition) is 2. The Bertz CT molecular complexity index is 2930. The molecule has 4 saturated heterocycles. The zero-order valence-electron chi connectivity index (χ0n) is 61.6. The molecular weight excluding hydrogens is 1200 g/mol. The number of likely N-dealkylation sites (N-methyl/N-ethyl adjacent to an activating group) is 4. The van der Waals surface area contributed by atoms with Crippen LogP contribution >= 0.6 is 23.2 Å². The van der Waals surface area contributed by atoms with Crippen molar-refractivity contribution in [3.05, 3.63) is 175 Å². The lowest BCUT2D eigenvalue weighted by Crippen LogP contribution is -2.46. The molecule has 2 amide bonds. The second-order valence-corrected chi connectivity index (χ2v) is 26.5. The van der Waals surface area contributed by atoms with Crippen molar-refractivity contribution in [2.45, 2.75) is 241 Å². The van der Waals surface area contributed by atoms with Crippen LogP contribution in [0.1, 0.15) is 234 Å². The molecule has 0 saturated carbocycles. The van der Waals surface area contributed by atoms with Crippen molar-refractivity contribution in [1.29, 1.82) is 0 Å². The summed E-state index contributed by atoms with van der Waals surface area (Å²) in [6.45, 7) is 33.8. The molecular formula is C82H128Cl2N8O2. The van der Waals surface area contributed by atoms with Crippen LogP contribution in [0.25, 0.3) is 0 Å². The Labute approximate surface area is 583 Å². The smallest absolute Gasteiger partial charge is 0.227 e. The lowest BCUT2D eigenvalue weighted by Gasteiger charge is -2.39. The molecule has 94 heavy (non-hydrogen) atoms. The van der Waals surface area contributed by atoms with Gasteiger partial charge in [0.05, 0.1) is 28.5 Å². The molecule has 5 aromatic rings. The van der Waals surface area contributed by atoms with Crippen molar-refractivity contribution in [2.75, 3.05) is 80.5 Å². The standard InChI is InChI=1S/C24H28Cl2N2O.C18H26N2O.C16H24N2.C14H20N2.5C2H6/c1-27(23(29)16-17-11-12-20(25)21(26)15-17)24-19-9-3-2-7-18(19)8-6-10-22(24)28-13-4-5-14-28;1-13(2)18(21)19(3)17-15-9-5-4-8-14(15)12-16(17)20-10-6-7-11-20;1-17-16-14-9-3-2-7-13(14)8-6-10-15(16)18-11-4-5-12-18;1-15-14-12-7-3-2-6-11(12)10-13(14)16-8-4-5-9-16;5*1-2/h2-3,7,9,11-12,15,22,24H,4-6,8,10,13-14,16H2,1H3;4-5,8-9,13,16-17H,6-7,10-12H2,1-3H3;2-3,7,9,15-17H,4-6,8,10-12H2,1H3;2-3,6-7,13-15H,4-5,8-10H2,1H3;5*1-2H3/t22-,24-;16-,17-;15-,16-;13-,14-;;;;;/m0101...../s1. The molecule has 0 aromatic heterocycles. The van der Waals surface area contributed by atoms with Gasteiger partial charge in [0, 0.05) is 56.3 Å². The van der Waals surface area contributed by atoms with Gasteiger partial charge in [-0.15, -0.1) is 0 Å². The lowest BCUT2D eigenvalue weighted by molar-refractivity contribution is -0.136. The van der Waals surface area contributed by atoms with E-state index in [9.17, 15) is 9.59 Å². The van der Waals surface area contributed by atoms with Gasteiger partial charge in [0.25, 0.3) is 0 Å². The molecule has 12 heteroatoms. The predicted octanol–water partition coefficient (Wildman–Crippen LogP) is 18.2. The van der Waals surface area contributed by atoms with E-state index in [-0.39, 0.29) is 29.8 Å². The Balaban J connectivity index is 0.000000221. The van der Waals surface area contributed by atoms with Gasteiger partial charge < -0.3 is 20.4 Å². The second kappa shape index (κ2) is 42.9. The number of nitrogens with one attached hydrogen (secondary N) is 2. The summed E-state index contributed by atoms with van der Waals surface area (Å²) >= 11 is 12.2. The largest absolute Gasteiger partial charge is 0.337 e. The molecule has 4 heterocycles. The van der Waals surface area contributed by atoms with E-state index in [4.69, 9.17) is 23.2 Å². The van der Waals surface area contributed by atoms with Crippen LogP contribution in [0.5, 0.6) is 0 Å². The Kier molecular flexibility index (Phi) is 36.6. The third-order valence-electron chi connectivity index (χ3n) is 20.2. The first-order chi connectivity index (χ1) is 45.9. The van der Waals surface area contributed by atoms with Crippen molar-refractivity contribution < 1.29 is 9.59 Å². The highest BCUT2D eigenvalue weighted by molar-refractivity contribution is 6.42. The minimum atomic E-state index is 0.0574. The summed E-state index contributed by atoms with van der Waals surface area (Å²) in [6.07, 6.45) is 20.6. The molecule has 0 radical (unpaired) electrons. The van der Waals surface area contributed by atoms with Gasteiger partial charge in [-0.1, -0.05) is 209 Å². The minimum absolute atomic E-state index is 0.0574. The zero-order chi connectivity index (χ0) is 68.7. The fraction of sp³-hybridized carbons (Fsp3) is 0.610. The van der Waals surface area contributed by atoms with Gasteiger partial charge in [0.2, 0.25) is 11.8 Å². The monoisotopic (exact) mass is 1330 g/mol. The van der Waals surface area contributed by atoms with E-state index < -0.39 is 0 Å².